The van der Waals surface area contributed by atoms with Crippen molar-refractivity contribution in [1.82, 2.24) is 24.6 Å². The van der Waals surface area contributed by atoms with Crippen LogP contribution in [0.1, 0.15) is 17.1 Å². The van der Waals surface area contributed by atoms with Gasteiger partial charge in [0.05, 0.1) is 12.8 Å². The minimum Gasteiger partial charge on any atom is -0.481 e. The van der Waals surface area contributed by atoms with Crippen LogP contribution in [0.3, 0.4) is 0 Å². The zero-order valence-electron chi connectivity index (χ0n) is 20.6. The Morgan fingerprint density at radius 3 is 2.56 bits per heavy atom. The highest BCUT2D eigenvalue weighted by Gasteiger charge is 2.19. The van der Waals surface area contributed by atoms with Gasteiger partial charge in [0.25, 0.3) is 0 Å². The Hall–Kier alpha value is -3.98. The topological polar surface area (TPSA) is 85.3 Å². The third-order valence-corrected chi connectivity index (χ3v) is 6.70. The summed E-state index contributed by atoms with van der Waals surface area (Å²) in [5.41, 5.74) is 9.99. The van der Waals surface area contributed by atoms with E-state index in [1.54, 1.807) is 18.1 Å². The molecule has 0 bridgehead atoms. The van der Waals surface area contributed by atoms with Gasteiger partial charge in [0.1, 0.15) is 18.0 Å². The fourth-order valence-corrected chi connectivity index (χ4v) is 4.72. The quantitative estimate of drug-likeness (QED) is 0.399. The fourth-order valence-electron chi connectivity index (χ4n) is 4.72. The van der Waals surface area contributed by atoms with Crippen LogP contribution in [0, 0.1) is 5.82 Å². The number of pyridine rings is 1. The lowest BCUT2D eigenvalue weighted by molar-refractivity contribution is 0.284. The van der Waals surface area contributed by atoms with Crippen LogP contribution in [0.25, 0.3) is 16.8 Å². The third kappa shape index (κ3) is 4.87. The molecule has 186 valence electrons. The molecule has 1 saturated heterocycles. The van der Waals surface area contributed by atoms with Crippen molar-refractivity contribution in [1.29, 1.82) is 0 Å². The van der Waals surface area contributed by atoms with E-state index in [1.165, 1.54) is 12.1 Å². The van der Waals surface area contributed by atoms with Gasteiger partial charge in [-0.3, -0.25) is 9.58 Å². The van der Waals surface area contributed by atoms with Gasteiger partial charge in [0, 0.05) is 68.3 Å². The predicted octanol–water partition coefficient (Wildman–Crippen LogP) is 3.52. The van der Waals surface area contributed by atoms with E-state index in [4.69, 9.17) is 15.5 Å². The van der Waals surface area contributed by atoms with Crippen molar-refractivity contribution >= 4 is 28.2 Å². The maximum absolute atomic E-state index is 13.2. The van der Waals surface area contributed by atoms with Crippen molar-refractivity contribution in [2.24, 2.45) is 7.05 Å². The van der Waals surface area contributed by atoms with Crippen molar-refractivity contribution in [3.8, 4) is 5.88 Å². The molecule has 3 heterocycles. The molecule has 0 spiro atoms. The summed E-state index contributed by atoms with van der Waals surface area (Å²) in [7, 11) is 3.51. The molecule has 9 heteroatoms. The molecule has 2 N–H and O–H groups in total. The minimum absolute atomic E-state index is 0.207. The molecule has 36 heavy (non-hydrogen) atoms. The van der Waals surface area contributed by atoms with Gasteiger partial charge >= 0.3 is 0 Å². The van der Waals surface area contributed by atoms with Crippen molar-refractivity contribution in [2.45, 2.75) is 6.42 Å². The number of fused-ring (bicyclic) bond motifs is 1. The molecule has 8 nitrogen and oxygen atoms in total. The standard InChI is InChI=1S/C27H30FN7O/c1-33-25(30-18-31-33)17-22-24(32-27(36-2)21-5-3-6-23(29)26(21)22)7-4-12-34-13-15-35(16-14-34)20-10-8-19(28)9-11-20/h3-11,18H,12-17,29H2,1-2H3/b7-4+. The predicted molar refractivity (Wildman–Crippen MR) is 141 cm³/mol. The molecule has 1 aliphatic heterocycles. The van der Waals surface area contributed by atoms with Gasteiger partial charge in [0.15, 0.2) is 0 Å². The zero-order chi connectivity index (χ0) is 25.1. The Labute approximate surface area is 209 Å². The molecular formula is C27H30FN7O. The summed E-state index contributed by atoms with van der Waals surface area (Å²) < 4.78 is 20.6. The van der Waals surface area contributed by atoms with E-state index in [1.807, 2.05) is 43.5 Å². The van der Waals surface area contributed by atoms with Crippen LogP contribution in [0.2, 0.25) is 0 Å². The number of methoxy groups -OCH3 is 1. The summed E-state index contributed by atoms with van der Waals surface area (Å²) in [6.45, 7) is 4.45. The number of hydrogen-bond acceptors (Lipinski definition) is 7. The zero-order valence-corrected chi connectivity index (χ0v) is 20.6. The molecule has 0 amide bonds. The van der Waals surface area contributed by atoms with Gasteiger partial charge in [-0.2, -0.15) is 5.10 Å². The van der Waals surface area contributed by atoms with Crippen molar-refractivity contribution in [3.05, 3.63) is 77.8 Å². The number of piperazine rings is 1. The van der Waals surface area contributed by atoms with E-state index >= 15 is 0 Å². The number of nitrogens with two attached hydrogens (primary N) is 1. The van der Waals surface area contributed by atoms with Crippen molar-refractivity contribution < 1.29 is 9.13 Å². The number of benzene rings is 2. The number of halogens is 1. The molecule has 0 atom stereocenters. The normalized spacial score (nSPS) is 14.7. The van der Waals surface area contributed by atoms with Crippen LogP contribution in [0.4, 0.5) is 15.8 Å². The summed E-state index contributed by atoms with van der Waals surface area (Å²) in [4.78, 5) is 13.9. The number of ether oxygens (including phenoxy) is 1. The SMILES string of the molecule is COc1nc(/C=C/CN2CCN(c3ccc(F)cc3)CC2)c(Cc2ncnn2C)c2c(N)cccc12. The smallest absolute Gasteiger partial charge is 0.221 e. The summed E-state index contributed by atoms with van der Waals surface area (Å²) in [5, 5.41) is 6.03. The Balaban J connectivity index is 1.37. The average molecular weight is 488 g/mol. The fraction of sp³-hybridized carbons (Fsp3) is 0.296. The number of aromatic nitrogens is 4. The summed E-state index contributed by atoms with van der Waals surface area (Å²) in [5.74, 6) is 1.17. The number of rotatable bonds is 7. The number of nitrogens with zero attached hydrogens (tertiary/aromatic N) is 6. The maximum Gasteiger partial charge on any atom is 0.221 e. The first kappa shape index (κ1) is 23.7. The number of anilines is 2. The molecule has 0 saturated carbocycles. The molecule has 2 aromatic heterocycles. The minimum atomic E-state index is -0.207. The molecule has 1 fully saturated rings. The number of nitrogen functional groups attached to an aromatic ring is 1. The van der Waals surface area contributed by atoms with Crippen molar-refractivity contribution in [3.63, 3.8) is 0 Å². The molecular weight excluding hydrogens is 457 g/mol. The Morgan fingerprint density at radius 1 is 1.08 bits per heavy atom. The second kappa shape index (κ2) is 10.3. The lowest BCUT2D eigenvalue weighted by atomic mass is 9.99. The molecule has 0 aliphatic carbocycles. The Bertz CT molecular complexity index is 1380. The number of hydrogen-bond donors (Lipinski definition) is 1. The average Bonchev–Trinajstić information content (AvgIpc) is 3.30. The lowest BCUT2D eigenvalue weighted by Crippen LogP contribution is -2.46. The van der Waals surface area contributed by atoms with Crippen LogP contribution in [0.15, 0.2) is 54.9 Å². The first-order valence-electron chi connectivity index (χ1n) is 12.0. The molecule has 5 rings (SSSR count). The largest absolute Gasteiger partial charge is 0.481 e. The van der Waals surface area contributed by atoms with Crippen LogP contribution in [-0.4, -0.2) is 64.5 Å². The van der Waals surface area contributed by atoms with Crippen LogP contribution in [0.5, 0.6) is 5.88 Å². The van der Waals surface area contributed by atoms with E-state index in [9.17, 15) is 4.39 Å². The van der Waals surface area contributed by atoms with Gasteiger partial charge in [-0.1, -0.05) is 12.1 Å². The summed E-state index contributed by atoms with van der Waals surface area (Å²) in [6, 6.07) is 12.5. The van der Waals surface area contributed by atoms with Crippen molar-refractivity contribution in [2.75, 3.05) is 50.5 Å². The summed E-state index contributed by atoms with van der Waals surface area (Å²) in [6.07, 6.45) is 6.29. The molecule has 1 aliphatic rings. The molecule has 4 aromatic rings. The van der Waals surface area contributed by atoms with Crippen LogP contribution in [-0.2, 0) is 13.5 Å². The Morgan fingerprint density at radius 2 is 1.86 bits per heavy atom. The van der Waals surface area contributed by atoms with Gasteiger partial charge < -0.3 is 15.4 Å². The molecule has 0 radical (unpaired) electrons. The monoisotopic (exact) mass is 487 g/mol. The van der Waals surface area contributed by atoms with E-state index < -0.39 is 0 Å². The van der Waals surface area contributed by atoms with E-state index in [0.717, 1.165) is 66.3 Å². The number of aryl methyl sites for hydroxylation is 1. The first-order chi connectivity index (χ1) is 17.5. The Kier molecular flexibility index (Phi) is 6.81. The van der Waals surface area contributed by atoms with Gasteiger partial charge in [0.2, 0.25) is 5.88 Å². The van der Waals surface area contributed by atoms with Gasteiger partial charge in [-0.15, -0.1) is 0 Å². The second-order valence-corrected chi connectivity index (χ2v) is 8.90. The lowest BCUT2D eigenvalue weighted by Gasteiger charge is -2.35. The summed E-state index contributed by atoms with van der Waals surface area (Å²) >= 11 is 0. The highest BCUT2D eigenvalue weighted by Crippen LogP contribution is 2.34. The first-order valence-corrected chi connectivity index (χ1v) is 12.0. The van der Waals surface area contributed by atoms with Gasteiger partial charge in [-0.25, -0.2) is 14.4 Å². The van der Waals surface area contributed by atoms with E-state index in [0.29, 0.717) is 18.0 Å². The van der Waals surface area contributed by atoms with E-state index in [2.05, 4.69) is 26.0 Å². The van der Waals surface area contributed by atoms with Gasteiger partial charge in [-0.05, 0) is 48.0 Å². The third-order valence-electron chi connectivity index (χ3n) is 6.70. The highest BCUT2D eigenvalue weighted by atomic mass is 19.1. The van der Waals surface area contributed by atoms with E-state index in [-0.39, 0.29) is 5.82 Å². The van der Waals surface area contributed by atoms with Crippen LogP contribution < -0.4 is 15.4 Å². The molecule has 0 unspecified atom stereocenters. The highest BCUT2D eigenvalue weighted by molar-refractivity contribution is 6.00. The second-order valence-electron chi connectivity index (χ2n) is 8.90. The molecule has 2 aromatic carbocycles. The maximum atomic E-state index is 13.2. The van der Waals surface area contributed by atoms with Crippen LogP contribution >= 0.6 is 0 Å².